The van der Waals surface area contributed by atoms with E-state index < -0.39 is 0 Å². The zero-order valence-corrected chi connectivity index (χ0v) is 10.5. The highest BCUT2D eigenvalue weighted by atomic mass is 16.2. The Kier molecular flexibility index (Phi) is 6.36. The molecule has 2 nitrogen and oxygen atoms in total. The molecule has 0 aliphatic heterocycles. The second-order valence-corrected chi connectivity index (χ2v) is 4.93. The Hall–Kier alpha value is -0.660. The van der Waals surface area contributed by atoms with Gasteiger partial charge in [-0.15, -0.1) is 0 Å². The molecule has 1 aliphatic carbocycles. The van der Waals surface area contributed by atoms with Gasteiger partial charge in [-0.25, -0.2) is 0 Å². The number of carbonyl (C=O) groups is 2. The first-order valence-electron chi connectivity index (χ1n) is 6.82. The van der Waals surface area contributed by atoms with Gasteiger partial charge in [0, 0.05) is 12.3 Å². The van der Waals surface area contributed by atoms with Crippen molar-refractivity contribution in [2.75, 3.05) is 0 Å². The van der Waals surface area contributed by atoms with Crippen LogP contribution in [0.25, 0.3) is 0 Å². The number of rotatable bonds is 7. The molecule has 0 heterocycles. The Bertz CT molecular complexity index is 233. The molecule has 0 bridgehead atoms. The molecular formula is C14H24O2. The molecule has 0 aromatic heterocycles. The molecule has 0 spiro atoms. The van der Waals surface area contributed by atoms with Crippen molar-refractivity contribution in [3.8, 4) is 0 Å². The van der Waals surface area contributed by atoms with Gasteiger partial charge in [0.25, 0.3) is 0 Å². The summed E-state index contributed by atoms with van der Waals surface area (Å²) in [4.78, 5) is 22.8. The topological polar surface area (TPSA) is 34.1 Å². The van der Waals surface area contributed by atoms with E-state index in [0.717, 1.165) is 25.7 Å². The lowest BCUT2D eigenvalue weighted by atomic mass is 9.83. The molecule has 0 aromatic carbocycles. The van der Waals surface area contributed by atoms with E-state index in [0.29, 0.717) is 6.42 Å². The van der Waals surface area contributed by atoms with E-state index in [-0.39, 0.29) is 17.5 Å². The van der Waals surface area contributed by atoms with Gasteiger partial charge in [-0.1, -0.05) is 45.4 Å². The maximum atomic E-state index is 11.5. The second-order valence-electron chi connectivity index (χ2n) is 4.93. The fourth-order valence-corrected chi connectivity index (χ4v) is 2.44. The highest BCUT2D eigenvalue weighted by molar-refractivity contribution is 6.38. The van der Waals surface area contributed by atoms with Gasteiger partial charge in [0.2, 0.25) is 5.78 Å². The van der Waals surface area contributed by atoms with Crippen molar-refractivity contribution < 1.29 is 9.59 Å². The third-order valence-corrected chi connectivity index (χ3v) is 3.51. The van der Waals surface area contributed by atoms with Gasteiger partial charge in [0.15, 0.2) is 5.78 Å². The summed E-state index contributed by atoms with van der Waals surface area (Å²) in [5.74, 6) is -0.144. The van der Waals surface area contributed by atoms with Crippen LogP contribution in [0.3, 0.4) is 0 Å². The van der Waals surface area contributed by atoms with E-state index in [2.05, 4.69) is 6.92 Å². The fraction of sp³-hybridized carbons (Fsp3) is 0.857. The van der Waals surface area contributed by atoms with Gasteiger partial charge >= 0.3 is 0 Å². The number of carbonyl (C=O) groups excluding carboxylic acids is 2. The SMILES string of the molecule is CCCCCCCCC1CCCC(=O)C1=O. The normalized spacial score (nSPS) is 21.4. The molecule has 0 N–H and O–H groups in total. The van der Waals surface area contributed by atoms with Crippen molar-refractivity contribution in [1.82, 2.24) is 0 Å². The molecular weight excluding hydrogens is 200 g/mol. The largest absolute Gasteiger partial charge is 0.291 e. The minimum Gasteiger partial charge on any atom is -0.291 e. The second kappa shape index (κ2) is 7.59. The first kappa shape index (κ1) is 13.4. The quantitative estimate of drug-likeness (QED) is 0.488. The average molecular weight is 224 g/mol. The van der Waals surface area contributed by atoms with E-state index >= 15 is 0 Å². The number of hydrogen-bond acceptors (Lipinski definition) is 2. The monoisotopic (exact) mass is 224 g/mol. The van der Waals surface area contributed by atoms with Crippen LogP contribution in [0.15, 0.2) is 0 Å². The molecule has 0 amide bonds. The van der Waals surface area contributed by atoms with E-state index in [1.807, 2.05) is 0 Å². The number of ketones is 2. The predicted molar refractivity (Wildman–Crippen MR) is 65.3 cm³/mol. The fourth-order valence-electron chi connectivity index (χ4n) is 2.44. The van der Waals surface area contributed by atoms with Gasteiger partial charge in [-0.05, 0) is 19.3 Å². The van der Waals surface area contributed by atoms with Crippen molar-refractivity contribution in [3.05, 3.63) is 0 Å². The Morgan fingerprint density at radius 3 is 2.50 bits per heavy atom. The van der Waals surface area contributed by atoms with E-state index in [9.17, 15) is 9.59 Å². The summed E-state index contributed by atoms with van der Waals surface area (Å²) >= 11 is 0. The van der Waals surface area contributed by atoms with Crippen molar-refractivity contribution in [3.63, 3.8) is 0 Å². The molecule has 0 saturated heterocycles. The lowest BCUT2D eigenvalue weighted by Gasteiger charge is -2.18. The zero-order chi connectivity index (χ0) is 11.8. The van der Waals surface area contributed by atoms with Crippen LogP contribution in [0.2, 0.25) is 0 Å². The van der Waals surface area contributed by atoms with E-state index in [1.54, 1.807) is 0 Å². The van der Waals surface area contributed by atoms with Crippen LogP contribution in [0.1, 0.15) is 71.1 Å². The summed E-state index contributed by atoms with van der Waals surface area (Å²) in [6.45, 7) is 2.21. The third-order valence-electron chi connectivity index (χ3n) is 3.51. The third kappa shape index (κ3) is 4.46. The van der Waals surface area contributed by atoms with Gasteiger partial charge < -0.3 is 0 Å². The maximum absolute atomic E-state index is 11.5. The number of Topliss-reactive ketones (excluding diaryl/α,β-unsaturated/α-hetero) is 2. The molecule has 0 radical (unpaired) electrons. The smallest absolute Gasteiger partial charge is 0.201 e. The molecule has 1 rings (SSSR count). The standard InChI is InChI=1S/C14H24O2/c1-2-3-4-5-6-7-9-12-10-8-11-13(15)14(12)16/h12H,2-11H2,1H3. The summed E-state index contributed by atoms with van der Waals surface area (Å²) in [6.07, 6.45) is 10.8. The lowest BCUT2D eigenvalue weighted by Crippen LogP contribution is -2.28. The first-order valence-corrected chi connectivity index (χ1v) is 6.82. The molecule has 0 aromatic rings. The molecule has 1 fully saturated rings. The van der Waals surface area contributed by atoms with Crippen molar-refractivity contribution in [2.45, 2.75) is 71.1 Å². The predicted octanol–water partition coefficient (Wildman–Crippen LogP) is 3.68. The Balaban J connectivity index is 2.08. The maximum Gasteiger partial charge on any atom is 0.201 e. The minimum absolute atomic E-state index is 0.0624. The van der Waals surface area contributed by atoms with Crippen molar-refractivity contribution >= 4 is 11.6 Å². The lowest BCUT2D eigenvalue weighted by molar-refractivity contribution is -0.141. The summed E-state index contributed by atoms with van der Waals surface area (Å²) in [7, 11) is 0. The molecule has 16 heavy (non-hydrogen) atoms. The van der Waals surface area contributed by atoms with E-state index in [1.165, 1.54) is 32.1 Å². The minimum atomic E-state index is -0.123. The van der Waals surface area contributed by atoms with Crippen LogP contribution < -0.4 is 0 Å². The van der Waals surface area contributed by atoms with Gasteiger partial charge in [-0.2, -0.15) is 0 Å². The van der Waals surface area contributed by atoms with Crippen molar-refractivity contribution in [1.29, 1.82) is 0 Å². The highest BCUT2D eigenvalue weighted by Crippen LogP contribution is 2.23. The molecule has 2 heteroatoms. The Morgan fingerprint density at radius 1 is 1.06 bits per heavy atom. The summed E-state index contributed by atoms with van der Waals surface area (Å²) < 4.78 is 0. The summed E-state index contributed by atoms with van der Waals surface area (Å²) in [5, 5.41) is 0. The van der Waals surface area contributed by atoms with E-state index in [4.69, 9.17) is 0 Å². The molecule has 1 atom stereocenters. The van der Waals surface area contributed by atoms with Crippen LogP contribution in [0.4, 0.5) is 0 Å². The first-order chi connectivity index (χ1) is 7.75. The zero-order valence-electron chi connectivity index (χ0n) is 10.5. The van der Waals surface area contributed by atoms with Gasteiger partial charge in [-0.3, -0.25) is 9.59 Å². The Morgan fingerprint density at radius 2 is 1.75 bits per heavy atom. The van der Waals surface area contributed by atoms with Crippen LogP contribution in [0.5, 0.6) is 0 Å². The van der Waals surface area contributed by atoms with Gasteiger partial charge in [0.05, 0.1) is 0 Å². The molecule has 1 unspecified atom stereocenters. The average Bonchev–Trinajstić information content (AvgIpc) is 2.29. The van der Waals surface area contributed by atoms with Crippen molar-refractivity contribution in [2.24, 2.45) is 5.92 Å². The van der Waals surface area contributed by atoms with Crippen LogP contribution >= 0.6 is 0 Å². The Labute approximate surface area is 98.8 Å². The highest BCUT2D eigenvalue weighted by Gasteiger charge is 2.28. The number of unbranched alkanes of at least 4 members (excludes halogenated alkanes) is 5. The molecule has 1 aliphatic rings. The summed E-state index contributed by atoms with van der Waals surface area (Å²) in [6, 6.07) is 0. The van der Waals surface area contributed by atoms with Gasteiger partial charge in [0.1, 0.15) is 0 Å². The molecule has 1 saturated carbocycles. The van der Waals surface area contributed by atoms with Crippen LogP contribution in [-0.4, -0.2) is 11.6 Å². The number of hydrogen-bond donors (Lipinski definition) is 0. The van der Waals surface area contributed by atoms with Crippen LogP contribution in [-0.2, 0) is 9.59 Å². The summed E-state index contributed by atoms with van der Waals surface area (Å²) in [5.41, 5.74) is 0. The van der Waals surface area contributed by atoms with Crippen LogP contribution in [0, 0.1) is 5.92 Å². The molecule has 92 valence electrons.